The molecule has 2 aliphatic rings. The van der Waals surface area contributed by atoms with Gasteiger partial charge in [0.25, 0.3) is 0 Å². The lowest BCUT2D eigenvalue weighted by Crippen LogP contribution is -2.42. The lowest BCUT2D eigenvalue weighted by Gasteiger charge is -2.35. The SMILES string of the molecule is C=C(C/C(=C(\C)Cl)N1CCCC(N)C1)NC(=O)C1CCCC1. The van der Waals surface area contributed by atoms with Gasteiger partial charge in [-0.3, -0.25) is 4.79 Å². The van der Waals surface area contributed by atoms with Gasteiger partial charge in [-0.1, -0.05) is 31.0 Å². The normalized spacial score (nSPS) is 24.1. The van der Waals surface area contributed by atoms with E-state index < -0.39 is 0 Å². The van der Waals surface area contributed by atoms with E-state index in [4.69, 9.17) is 17.3 Å². The fourth-order valence-corrected chi connectivity index (χ4v) is 3.60. The van der Waals surface area contributed by atoms with Crippen molar-refractivity contribution in [3.8, 4) is 0 Å². The highest BCUT2D eigenvalue weighted by atomic mass is 35.5. The minimum absolute atomic E-state index is 0.115. The molecule has 2 fully saturated rings. The van der Waals surface area contributed by atoms with E-state index in [1.54, 1.807) is 0 Å². The molecule has 1 saturated carbocycles. The zero-order valence-corrected chi connectivity index (χ0v) is 14.3. The highest BCUT2D eigenvalue weighted by molar-refractivity contribution is 6.29. The molecule has 0 aromatic heterocycles. The zero-order chi connectivity index (χ0) is 16.1. The van der Waals surface area contributed by atoms with Gasteiger partial charge in [0.05, 0.1) is 0 Å². The summed E-state index contributed by atoms with van der Waals surface area (Å²) in [6, 6.07) is 0.195. The van der Waals surface area contributed by atoms with E-state index in [1.165, 1.54) is 0 Å². The molecule has 0 aromatic carbocycles. The van der Waals surface area contributed by atoms with Crippen LogP contribution in [0.2, 0.25) is 0 Å². The summed E-state index contributed by atoms with van der Waals surface area (Å²) < 4.78 is 0. The molecule has 5 heteroatoms. The molecule has 1 heterocycles. The number of allylic oxidation sites excluding steroid dienone is 1. The summed E-state index contributed by atoms with van der Waals surface area (Å²) in [5.74, 6) is 0.272. The van der Waals surface area contributed by atoms with E-state index in [9.17, 15) is 4.79 Å². The van der Waals surface area contributed by atoms with Crippen LogP contribution in [0.25, 0.3) is 0 Å². The number of carbonyl (C=O) groups excluding carboxylic acids is 1. The maximum Gasteiger partial charge on any atom is 0.227 e. The molecule has 0 spiro atoms. The van der Waals surface area contributed by atoms with Crippen LogP contribution in [-0.4, -0.2) is 29.9 Å². The molecule has 1 aliphatic carbocycles. The molecule has 1 amide bonds. The van der Waals surface area contributed by atoms with E-state index >= 15 is 0 Å². The highest BCUT2D eigenvalue weighted by Crippen LogP contribution is 2.26. The Morgan fingerprint density at radius 3 is 2.59 bits per heavy atom. The zero-order valence-electron chi connectivity index (χ0n) is 13.5. The van der Waals surface area contributed by atoms with E-state index in [0.717, 1.165) is 68.0 Å². The Bertz CT molecular complexity index is 451. The first kappa shape index (κ1) is 17.4. The number of likely N-dealkylation sites (tertiary alicyclic amines) is 1. The Kier molecular flexibility index (Phi) is 6.33. The van der Waals surface area contributed by atoms with Crippen LogP contribution in [0.4, 0.5) is 0 Å². The predicted molar refractivity (Wildman–Crippen MR) is 91.2 cm³/mol. The molecule has 124 valence electrons. The average Bonchev–Trinajstić information content (AvgIpc) is 2.98. The summed E-state index contributed by atoms with van der Waals surface area (Å²) in [6.45, 7) is 7.70. The summed E-state index contributed by atoms with van der Waals surface area (Å²) >= 11 is 6.28. The molecule has 0 bridgehead atoms. The van der Waals surface area contributed by atoms with Crippen LogP contribution >= 0.6 is 11.6 Å². The minimum Gasteiger partial charge on any atom is -0.372 e. The van der Waals surface area contributed by atoms with Crippen molar-refractivity contribution in [3.05, 3.63) is 23.0 Å². The van der Waals surface area contributed by atoms with Gasteiger partial charge < -0.3 is 16.0 Å². The Morgan fingerprint density at radius 1 is 1.32 bits per heavy atom. The van der Waals surface area contributed by atoms with Crippen LogP contribution in [0.3, 0.4) is 0 Å². The number of hydrogen-bond donors (Lipinski definition) is 2. The minimum atomic E-state index is 0.115. The van der Waals surface area contributed by atoms with Gasteiger partial charge >= 0.3 is 0 Å². The number of piperidine rings is 1. The predicted octanol–water partition coefficient (Wildman–Crippen LogP) is 3.09. The Morgan fingerprint density at radius 2 is 2.00 bits per heavy atom. The molecular weight excluding hydrogens is 298 g/mol. The molecule has 0 radical (unpaired) electrons. The Hall–Kier alpha value is -1.00. The van der Waals surface area contributed by atoms with Crippen molar-refractivity contribution in [1.82, 2.24) is 10.2 Å². The smallest absolute Gasteiger partial charge is 0.227 e. The lowest BCUT2D eigenvalue weighted by molar-refractivity contribution is -0.124. The van der Waals surface area contributed by atoms with Crippen LogP contribution in [-0.2, 0) is 4.79 Å². The van der Waals surface area contributed by atoms with E-state index in [2.05, 4.69) is 16.8 Å². The second kappa shape index (κ2) is 8.02. The van der Waals surface area contributed by atoms with Gasteiger partial charge in [-0.05, 0) is 32.6 Å². The highest BCUT2D eigenvalue weighted by Gasteiger charge is 2.24. The largest absolute Gasteiger partial charge is 0.372 e. The van der Waals surface area contributed by atoms with Gasteiger partial charge in [0.2, 0.25) is 5.91 Å². The standard InChI is InChI=1S/C17H28ClN3O/c1-12(20-17(22)14-6-3-4-7-14)10-16(13(2)18)21-9-5-8-15(19)11-21/h14-15H,1,3-11,19H2,2H3,(H,20,22)/b16-13-. The van der Waals surface area contributed by atoms with Crippen molar-refractivity contribution in [2.24, 2.45) is 11.7 Å². The summed E-state index contributed by atoms with van der Waals surface area (Å²) in [7, 11) is 0. The van der Waals surface area contributed by atoms with Crippen LogP contribution in [0, 0.1) is 5.92 Å². The first-order valence-corrected chi connectivity index (χ1v) is 8.69. The van der Waals surface area contributed by atoms with Gasteiger partial charge in [-0.15, -0.1) is 0 Å². The third-order valence-electron chi connectivity index (χ3n) is 4.64. The van der Waals surface area contributed by atoms with Gasteiger partial charge in [0.15, 0.2) is 0 Å². The number of halogens is 1. The van der Waals surface area contributed by atoms with Crippen LogP contribution in [0.5, 0.6) is 0 Å². The molecule has 3 N–H and O–H groups in total. The van der Waals surface area contributed by atoms with E-state index in [1.807, 2.05) is 6.92 Å². The quantitative estimate of drug-likeness (QED) is 0.816. The second-order valence-corrected chi connectivity index (χ2v) is 7.15. The lowest BCUT2D eigenvalue weighted by atomic mass is 10.0. The van der Waals surface area contributed by atoms with Gasteiger partial charge in [0.1, 0.15) is 0 Å². The average molecular weight is 326 g/mol. The second-order valence-electron chi connectivity index (χ2n) is 6.58. The molecule has 22 heavy (non-hydrogen) atoms. The molecule has 0 aromatic rings. The topological polar surface area (TPSA) is 58.4 Å². The van der Waals surface area contributed by atoms with Crippen molar-refractivity contribution in [3.63, 3.8) is 0 Å². The summed E-state index contributed by atoms with van der Waals surface area (Å²) in [6.07, 6.45) is 7.03. The third kappa shape index (κ3) is 4.75. The molecule has 1 unspecified atom stereocenters. The summed E-state index contributed by atoms with van der Waals surface area (Å²) in [5.41, 5.74) is 7.82. The Labute approximate surface area is 138 Å². The molecular formula is C17H28ClN3O. The first-order chi connectivity index (χ1) is 10.5. The number of nitrogens with two attached hydrogens (primary N) is 1. The van der Waals surface area contributed by atoms with Crippen molar-refractivity contribution < 1.29 is 4.79 Å². The van der Waals surface area contributed by atoms with Gasteiger partial charge in [0, 0.05) is 47.9 Å². The number of amides is 1. The van der Waals surface area contributed by atoms with Crippen LogP contribution in [0.15, 0.2) is 23.0 Å². The Balaban J connectivity index is 1.91. The maximum absolute atomic E-state index is 12.2. The summed E-state index contributed by atoms with van der Waals surface area (Å²) in [5, 5.41) is 3.73. The monoisotopic (exact) mass is 325 g/mol. The number of nitrogens with one attached hydrogen (secondary N) is 1. The number of hydrogen-bond acceptors (Lipinski definition) is 3. The maximum atomic E-state index is 12.2. The van der Waals surface area contributed by atoms with E-state index in [0.29, 0.717) is 6.42 Å². The molecule has 1 aliphatic heterocycles. The summed E-state index contributed by atoms with van der Waals surface area (Å²) in [4.78, 5) is 14.4. The van der Waals surface area contributed by atoms with Crippen LogP contribution < -0.4 is 11.1 Å². The van der Waals surface area contributed by atoms with E-state index in [-0.39, 0.29) is 17.9 Å². The third-order valence-corrected chi connectivity index (χ3v) is 4.86. The van der Waals surface area contributed by atoms with Gasteiger partial charge in [-0.2, -0.15) is 0 Å². The van der Waals surface area contributed by atoms with Crippen molar-refractivity contribution in [2.45, 2.75) is 57.9 Å². The van der Waals surface area contributed by atoms with Crippen LogP contribution in [0.1, 0.15) is 51.9 Å². The molecule has 2 rings (SSSR count). The fraction of sp³-hybridized carbons (Fsp3) is 0.706. The number of nitrogens with zero attached hydrogens (tertiary/aromatic N) is 1. The number of carbonyl (C=O) groups is 1. The molecule has 1 saturated heterocycles. The van der Waals surface area contributed by atoms with Crippen molar-refractivity contribution in [1.29, 1.82) is 0 Å². The van der Waals surface area contributed by atoms with Crippen molar-refractivity contribution in [2.75, 3.05) is 13.1 Å². The number of rotatable bonds is 5. The van der Waals surface area contributed by atoms with Crippen molar-refractivity contribution >= 4 is 17.5 Å². The first-order valence-electron chi connectivity index (χ1n) is 8.31. The fourth-order valence-electron chi connectivity index (χ4n) is 3.42. The van der Waals surface area contributed by atoms with Gasteiger partial charge in [-0.25, -0.2) is 0 Å². The molecule has 4 nitrogen and oxygen atoms in total. The molecule has 1 atom stereocenters.